The van der Waals surface area contributed by atoms with Gasteiger partial charge < -0.3 is 15.4 Å². The van der Waals surface area contributed by atoms with Gasteiger partial charge in [0, 0.05) is 11.8 Å². The highest BCUT2D eigenvalue weighted by Gasteiger charge is 2.22. The molecule has 0 atom stereocenters. The van der Waals surface area contributed by atoms with E-state index < -0.39 is 9.84 Å². The summed E-state index contributed by atoms with van der Waals surface area (Å²) in [6.07, 6.45) is 0.996. The molecule has 1 aromatic heterocycles. The van der Waals surface area contributed by atoms with Gasteiger partial charge in [-0.05, 0) is 12.1 Å². The highest BCUT2D eigenvalue weighted by atomic mass is 32.2. The zero-order valence-electron chi connectivity index (χ0n) is 9.49. The minimum Gasteiger partial charge on any atom is -0.507 e. The van der Waals surface area contributed by atoms with Crippen LogP contribution >= 0.6 is 0 Å². The van der Waals surface area contributed by atoms with Crippen LogP contribution in [0.15, 0.2) is 27.6 Å². The molecule has 0 saturated heterocycles. The van der Waals surface area contributed by atoms with Crippen molar-refractivity contribution in [2.45, 2.75) is 11.4 Å². The van der Waals surface area contributed by atoms with Crippen molar-refractivity contribution in [2.75, 3.05) is 6.26 Å². The molecule has 0 saturated carbocycles. The van der Waals surface area contributed by atoms with Crippen LogP contribution < -0.4 is 5.73 Å². The monoisotopic (exact) mass is 269 g/mol. The topological polar surface area (TPSA) is 119 Å². The first-order valence-corrected chi connectivity index (χ1v) is 6.87. The molecule has 0 aliphatic rings. The quantitative estimate of drug-likeness (QED) is 0.822. The maximum atomic E-state index is 11.7. The second-order valence-corrected chi connectivity index (χ2v) is 5.59. The number of hydrogen-bond donors (Lipinski definition) is 2. The summed E-state index contributed by atoms with van der Waals surface area (Å²) >= 11 is 0. The normalized spacial score (nSPS) is 11.7. The van der Waals surface area contributed by atoms with E-state index >= 15 is 0 Å². The number of hydrogen-bond acceptors (Lipinski definition) is 7. The summed E-state index contributed by atoms with van der Waals surface area (Å²) in [7, 11) is -3.61. The van der Waals surface area contributed by atoms with Gasteiger partial charge in [-0.15, -0.1) is 0 Å². The largest absolute Gasteiger partial charge is 0.507 e. The van der Waals surface area contributed by atoms with Crippen LogP contribution in [0, 0.1) is 0 Å². The van der Waals surface area contributed by atoms with Gasteiger partial charge in [0.2, 0.25) is 11.7 Å². The van der Waals surface area contributed by atoms with E-state index in [-0.39, 0.29) is 34.5 Å². The van der Waals surface area contributed by atoms with Gasteiger partial charge in [-0.1, -0.05) is 11.2 Å². The molecule has 0 aliphatic heterocycles. The summed E-state index contributed by atoms with van der Waals surface area (Å²) in [5.74, 6) is -0.0892. The molecule has 0 aliphatic carbocycles. The van der Waals surface area contributed by atoms with Gasteiger partial charge in [-0.3, -0.25) is 0 Å². The fourth-order valence-corrected chi connectivity index (χ4v) is 2.54. The molecule has 0 spiro atoms. The minimum absolute atomic E-state index is 0.0556. The van der Waals surface area contributed by atoms with Crippen LogP contribution in [0.1, 0.15) is 5.89 Å². The van der Waals surface area contributed by atoms with Crippen molar-refractivity contribution < 1.29 is 18.0 Å². The van der Waals surface area contributed by atoms with E-state index in [0.717, 1.165) is 6.26 Å². The molecule has 96 valence electrons. The predicted molar refractivity (Wildman–Crippen MR) is 62.4 cm³/mol. The second-order valence-electron chi connectivity index (χ2n) is 3.64. The third kappa shape index (κ3) is 2.20. The Morgan fingerprint density at radius 3 is 2.72 bits per heavy atom. The van der Waals surface area contributed by atoms with Crippen molar-refractivity contribution in [3.05, 3.63) is 24.1 Å². The van der Waals surface area contributed by atoms with Crippen LogP contribution in [0.3, 0.4) is 0 Å². The van der Waals surface area contributed by atoms with Crippen LogP contribution in [0.25, 0.3) is 11.4 Å². The number of sulfone groups is 1. The number of aromatic nitrogens is 2. The molecule has 2 rings (SSSR count). The van der Waals surface area contributed by atoms with Gasteiger partial charge >= 0.3 is 0 Å². The van der Waals surface area contributed by atoms with E-state index in [2.05, 4.69) is 10.1 Å². The molecule has 0 radical (unpaired) electrons. The molecule has 3 N–H and O–H groups in total. The molecule has 1 heterocycles. The average molecular weight is 269 g/mol. The number of phenols is 1. The lowest BCUT2D eigenvalue weighted by atomic mass is 10.2. The Morgan fingerprint density at radius 2 is 2.17 bits per heavy atom. The number of phenolic OH excluding ortho intramolecular Hbond substituents is 1. The van der Waals surface area contributed by atoms with Crippen LogP contribution in [-0.4, -0.2) is 29.9 Å². The molecular formula is C10H11N3O4S. The van der Waals surface area contributed by atoms with Crippen LogP contribution in [0.4, 0.5) is 0 Å². The van der Waals surface area contributed by atoms with Gasteiger partial charge in [-0.25, -0.2) is 8.42 Å². The highest BCUT2D eigenvalue weighted by molar-refractivity contribution is 7.91. The highest BCUT2D eigenvalue weighted by Crippen LogP contribution is 2.32. The van der Waals surface area contributed by atoms with Gasteiger partial charge in [0.15, 0.2) is 9.84 Å². The molecule has 0 fully saturated rings. The third-order valence-corrected chi connectivity index (χ3v) is 3.42. The molecule has 1 aromatic carbocycles. The fraction of sp³-hybridized carbons (Fsp3) is 0.200. The van der Waals surface area contributed by atoms with E-state index in [1.54, 1.807) is 0 Å². The van der Waals surface area contributed by atoms with E-state index in [9.17, 15) is 13.5 Å². The van der Waals surface area contributed by atoms with E-state index in [0.29, 0.717) is 0 Å². The van der Waals surface area contributed by atoms with Crippen molar-refractivity contribution >= 4 is 9.84 Å². The Kier molecular flexibility index (Phi) is 3.05. The summed E-state index contributed by atoms with van der Waals surface area (Å²) in [4.78, 5) is 3.71. The van der Waals surface area contributed by atoms with Crippen molar-refractivity contribution in [1.82, 2.24) is 10.1 Å². The van der Waals surface area contributed by atoms with Crippen LogP contribution in [0.2, 0.25) is 0 Å². The van der Waals surface area contributed by atoms with E-state index in [1.807, 2.05) is 0 Å². The molecule has 8 heteroatoms. The average Bonchev–Trinajstić information content (AvgIpc) is 2.75. The standard InChI is InChI=1S/C10H11N3O4S/c1-18(15,16)9-6(3-2-4-7(9)14)10-12-8(5-11)17-13-10/h2-4,14H,5,11H2,1H3. The Balaban J connectivity index is 2.68. The Labute approximate surface area is 103 Å². The Bertz CT molecular complexity index is 678. The molecule has 2 aromatic rings. The van der Waals surface area contributed by atoms with E-state index in [1.165, 1.54) is 18.2 Å². The van der Waals surface area contributed by atoms with Crippen LogP contribution in [-0.2, 0) is 16.4 Å². The van der Waals surface area contributed by atoms with Gasteiger partial charge in [0.1, 0.15) is 10.6 Å². The third-order valence-electron chi connectivity index (χ3n) is 2.25. The van der Waals surface area contributed by atoms with Crippen molar-refractivity contribution in [3.63, 3.8) is 0 Å². The summed E-state index contributed by atoms with van der Waals surface area (Å²) in [5.41, 5.74) is 5.51. The zero-order chi connectivity index (χ0) is 13.3. The van der Waals surface area contributed by atoms with Crippen LogP contribution in [0.5, 0.6) is 5.75 Å². The number of nitrogens with two attached hydrogens (primary N) is 1. The summed E-state index contributed by atoms with van der Waals surface area (Å²) in [6.45, 7) is 0.0556. The number of rotatable bonds is 3. The number of benzene rings is 1. The number of nitrogens with zero attached hydrogens (tertiary/aromatic N) is 2. The molecule has 18 heavy (non-hydrogen) atoms. The summed E-state index contributed by atoms with van der Waals surface area (Å²) < 4.78 is 28.1. The number of aromatic hydroxyl groups is 1. The lowest BCUT2D eigenvalue weighted by Crippen LogP contribution is -2.01. The zero-order valence-corrected chi connectivity index (χ0v) is 10.3. The predicted octanol–water partition coefficient (Wildman–Crippen LogP) is 0.304. The molecule has 0 bridgehead atoms. The van der Waals surface area contributed by atoms with Crippen molar-refractivity contribution in [1.29, 1.82) is 0 Å². The lowest BCUT2D eigenvalue weighted by molar-refractivity contribution is 0.380. The maximum Gasteiger partial charge on any atom is 0.240 e. The van der Waals surface area contributed by atoms with Crippen molar-refractivity contribution in [2.24, 2.45) is 5.73 Å². The molecule has 0 amide bonds. The van der Waals surface area contributed by atoms with E-state index in [4.69, 9.17) is 10.3 Å². The summed E-state index contributed by atoms with van der Waals surface area (Å²) in [6, 6.07) is 4.27. The van der Waals surface area contributed by atoms with Gasteiger partial charge in [0.05, 0.1) is 6.54 Å². The SMILES string of the molecule is CS(=O)(=O)c1c(O)cccc1-c1noc(CN)n1. The smallest absolute Gasteiger partial charge is 0.240 e. The fourth-order valence-electron chi connectivity index (χ4n) is 1.54. The Hall–Kier alpha value is -1.93. The minimum atomic E-state index is -3.61. The summed E-state index contributed by atoms with van der Waals surface area (Å²) in [5, 5.41) is 13.3. The second kappa shape index (κ2) is 4.39. The maximum absolute atomic E-state index is 11.7. The molecule has 0 unspecified atom stereocenters. The first-order valence-electron chi connectivity index (χ1n) is 4.98. The lowest BCUT2D eigenvalue weighted by Gasteiger charge is -2.06. The first kappa shape index (κ1) is 12.5. The first-order chi connectivity index (χ1) is 8.43. The molecule has 7 nitrogen and oxygen atoms in total. The molecular weight excluding hydrogens is 258 g/mol. The van der Waals surface area contributed by atoms with Crippen molar-refractivity contribution in [3.8, 4) is 17.1 Å². The van der Waals surface area contributed by atoms with Gasteiger partial charge in [0.25, 0.3) is 0 Å². The Morgan fingerprint density at radius 1 is 1.44 bits per heavy atom. The van der Waals surface area contributed by atoms with Gasteiger partial charge in [-0.2, -0.15) is 4.98 Å².